The van der Waals surface area contributed by atoms with Gasteiger partial charge in [0.25, 0.3) is 0 Å². The lowest BCUT2D eigenvalue weighted by Gasteiger charge is -2.23. The van der Waals surface area contributed by atoms with E-state index in [9.17, 15) is 4.79 Å². The summed E-state index contributed by atoms with van der Waals surface area (Å²) < 4.78 is 0. The predicted molar refractivity (Wildman–Crippen MR) is 91.6 cm³/mol. The zero-order valence-corrected chi connectivity index (χ0v) is 14.1. The molecule has 21 heavy (non-hydrogen) atoms. The standard InChI is InChI=1S/C13H19N3O.2C2H6/c1-2-14-9-8-12-13(17)15-10-16(12)11-6-4-3-5-7-11;2*1-2/h3-7,12,14H,2,8-10H2,1H3,(H,15,17);2*1-2H3. The molecule has 0 saturated carbocycles. The molecular weight excluding hydrogens is 262 g/mol. The Morgan fingerprint density at radius 2 is 1.81 bits per heavy atom. The van der Waals surface area contributed by atoms with Crippen LogP contribution in [0.5, 0.6) is 0 Å². The van der Waals surface area contributed by atoms with Gasteiger partial charge in [-0.05, 0) is 31.6 Å². The SMILES string of the molecule is CC.CC.CCNCCC1C(=O)NCN1c1ccccc1. The Kier molecular flexibility index (Phi) is 11.3. The molecule has 0 aliphatic carbocycles. The minimum absolute atomic E-state index is 0.0450. The average molecular weight is 293 g/mol. The van der Waals surface area contributed by atoms with Gasteiger partial charge in [0.1, 0.15) is 6.04 Å². The van der Waals surface area contributed by atoms with Gasteiger partial charge < -0.3 is 15.5 Å². The Hall–Kier alpha value is -1.55. The van der Waals surface area contributed by atoms with Gasteiger partial charge in [0.2, 0.25) is 5.91 Å². The first-order valence-electron chi connectivity index (χ1n) is 8.13. The smallest absolute Gasteiger partial charge is 0.244 e. The fourth-order valence-corrected chi connectivity index (χ4v) is 2.13. The van der Waals surface area contributed by atoms with Gasteiger partial charge in [0.15, 0.2) is 0 Å². The monoisotopic (exact) mass is 293 g/mol. The minimum atomic E-state index is -0.0450. The van der Waals surface area contributed by atoms with Crippen molar-refractivity contribution in [2.24, 2.45) is 0 Å². The molecule has 4 heteroatoms. The first-order valence-corrected chi connectivity index (χ1v) is 8.13. The van der Waals surface area contributed by atoms with Gasteiger partial charge >= 0.3 is 0 Å². The van der Waals surface area contributed by atoms with Crippen LogP contribution in [0.4, 0.5) is 5.69 Å². The minimum Gasteiger partial charge on any atom is -0.342 e. The van der Waals surface area contributed by atoms with Crippen LogP contribution in [0, 0.1) is 0 Å². The maximum Gasteiger partial charge on any atom is 0.244 e. The number of para-hydroxylation sites is 1. The Morgan fingerprint density at radius 3 is 2.38 bits per heavy atom. The van der Waals surface area contributed by atoms with Gasteiger partial charge in [-0.3, -0.25) is 4.79 Å². The normalized spacial score (nSPS) is 16.3. The van der Waals surface area contributed by atoms with E-state index in [0.29, 0.717) is 6.67 Å². The summed E-state index contributed by atoms with van der Waals surface area (Å²) in [6.45, 7) is 12.5. The molecule has 0 radical (unpaired) electrons. The van der Waals surface area contributed by atoms with Crippen molar-refractivity contribution >= 4 is 11.6 Å². The van der Waals surface area contributed by atoms with Crippen LogP contribution in [-0.4, -0.2) is 31.7 Å². The Labute approximate surface area is 129 Å². The highest BCUT2D eigenvalue weighted by Gasteiger charge is 2.31. The molecule has 1 aromatic rings. The maximum absolute atomic E-state index is 11.8. The summed E-state index contributed by atoms with van der Waals surface area (Å²) in [5, 5.41) is 6.17. The molecule has 120 valence electrons. The predicted octanol–water partition coefficient (Wildman–Crippen LogP) is 3.00. The highest BCUT2D eigenvalue weighted by atomic mass is 16.2. The zero-order valence-electron chi connectivity index (χ0n) is 14.1. The third-order valence-corrected chi connectivity index (χ3v) is 3.03. The molecule has 1 aromatic carbocycles. The van der Waals surface area contributed by atoms with Crippen molar-refractivity contribution in [1.82, 2.24) is 10.6 Å². The van der Waals surface area contributed by atoms with Crippen molar-refractivity contribution < 1.29 is 4.79 Å². The lowest BCUT2D eigenvalue weighted by atomic mass is 10.1. The zero-order chi connectivity index (χ0) is 16.1. The number of hydrogen-bond acceptors (Lipinski definition) is 3. The Morgan fingerprint density at radius 1 is 1.19 bits per heavy atom. The van der Waals surface area contributed by atoms with Crippen LogP contribution < -0.4 is 15.5 Å². The van der Waals surface area contributed by atoms with Crippen LogP contribution in [0.2, 0.25) is 0 Å². The number of benzene rings is 1. The quantitative estimate of drug-likeness (QED) is 0.820. The molecule has 0 bridgehead atoms. The molecule has 2 rings (SSSR count). The van der Waals surface area contributed by atoms with Gasteiger partial charge in [-0.2, -0.15) is 0 Å². The van der Waals surface area contributed by atoms with Gasteiger partial charge in [-0.25, -0.2) is 0 Å². The number of hydrogen-bond donors (Lipinski definition) is 2. The van der Waals surface area contributed by atoms with E-state index in [-0.39, 0.29) is 11.9 Å². The van der Waals surface area contributed by atoms with Crippen molar-refractivity contribution in [1.29, 1.82) is 0 Å². The van der Waals surface area contributed by atoms with E-state index in [0.717, 1.165) is 25.2 Å². The first kappa shape index (κ1) is 19.4. The van der Waals surface area contributed by atoms with Crippen LogP contribution in [0.25, 0.3) is 0 Å². The molecule has 0 aromatic heterocycles. The Bertz CT molecular complexity index is 368. The summed E-state index contributed by atoms with van der Waals surface area (Å²) in [7, 11) is 0. The molecule has 1 saturated heterocycles. The lowest BCUT2D eigenvalue weighted by Crippen LogP contribution is -2.36. The van der Waals surface area contributed by atoms with E-state index in [1.54, 1.807) is 0 Å². The molecule has 1 heterocycles. The van der Waals surface area contributed by atoms with Crippen LogP contribution >= 0.6 is 0 Å². The molecule has 1 amide bonds. The molecule has 2 N–H and O–H groups in total. The lowest BCUT2D eigenvalue weighted by molar-refractivity contribution is -0.120. The van der Waals surface area contributed by atoms with Crippen molar-refractivity contribution in [3.05, 3.63) is 30.3 Å². The molecular formula is C17H31N3O. The highest BCUT2D eigenvalue weighted by molar-refractivity contribution is 5.88. The van der Waals surface area contributed by atoms with Gasteiger partial charge in [-0.15, -0.1) is 0 Å². The van der Waals surface area contributed by atoms with Crippen molar-refractivity contribution in [2.75, 3.05) is 24.7 Å². The van der Waals surface area contributed by atoms with Crippen LogP contribution in [0.15, 0.2) is 30.3 Å². The molecule has 1 atom stereocenters. The number of anilines is 1. The van der Waals surface area contributed by atoms with Crippen LogP contribution in [-0.2, 0) is 4.79 Å². The number of nitrogens with one attached hydrogen (secondary N) is 2. The molecule has 1 aliphatic heterocycles. The fraction of sp³-hybridized carbons (Fsp3) is 0.588. The first-order chi connectivity index (χ1) is 10.3. The third kappa shape index (κ3) is 6.17. The topological polar surface area (TPSA) is 44.4 Å². The number of carbonyl (C=O) groups is 1. The van der Waals surface area contributed by atoms with Gasteiger partial charge in [-0.1, -0.05) is 52.8 Å². The molecule has 1 unspecified atom stereocenters. The fourth-order valence-electron chi connectivity index (χ4n) is 2.13. The highest BCUT2D eigenvalue weighted by Crippen LogP contribution is 2.20. The van der Waals surface area contributed by atoms with E-state index >= 15 is 0 Å². The number of amides is 1. The summed E-state index contributed by atoms with van der Waals surface area (Å²) >= 11 is 0. The summed E-state index contributed by atoms with van der Waals surface area (Å²) in [6.07, 6.45) is 0.842. The molecule has 1 aliphatic rings. The molecule has 4 nitrogen and oxygen atoms in total. The van der Waals surface area contributed by atoms with Crippen molar-refractivity contribution in [3.8, 4) is 0 Å². The van der Waals surface area contributed by atoms with Crippen molar-refractivity contribution in [2.45, 2.75) is 47.1 Å². The number of carbonyl (C=O) groups excluding carboxylic acids is 1. The van der Waals surface area contributed by atoms with Crippen LogP contribution in [0.1, 0.15) is 41.0 Å². The largest absolute Gasteiger partial charge is 0.342 e. The number of rotatable bonds is 5. The van der Waals surface area contributed by atoms with Gasteiger partial charge in [0.05, 0.1) is 6.67 Å². The number of nitrogens with zero attached hydrogens (tertiary/aromatic N) is 1. The average Bonchev–Trinajstić information content (AvgIpc) is 2.93. The molecule has 1 fully saturated rings. The maximum atomic E-state index is 11.8. The van der Waals surface area contributed by atoms with E-state index in [1.165, 1.54) is 0 Å². The van der Waals surface area contributed by atoms with Crippen LogP contribution in [0.3, 0.4) is 0 Å². The summed E-state index contributed by atoms with van der Waals surface area (Å²) in [5.41, 5.74) is 1.10. The second-order valence-electron chi connectivity index (χ2n) is 4.16. The Balaban J connectivity index is 0.000000921. The summed E-state index contributed by atoms with van der Waals surface area (Å²) in [4.78, 5) is 13.9. The third-order valence-electron chi connectivity index (χ3n) is 3.03. The van der Waals surface area contributed by atoms with E-state index in [4.69, 9.17) is 0 Å². The second-order valence-corrected chi connectivity index (χ2v) is 4.16. The second kappa shape index (κ2) is 12.2. The summed E-state index contributed by atoms with van der Waals surface area (Å²) in [6, 6.07) is 10.0. The van der Waals surface area contributed by atoms with Gasteiger partial charge in [0, 0.05) is 5.69 Å². The molecule has 0 spiro atoms. The van der Waals surface area contributed by atoms with E-state index in [1.807, 2.05) is 58.0 Å². The van der Waals surface area contributed by atoms with Crippen molar-refractivity contribution in [3.63, 3.8) is 0 Å². The summed E-state index contributed by atoms with van der Waals surface area (Å²) in [5.74, 6) is 0.131. The van der Waals surface area contributed by atoms with E-state index in [2.05, 4.69) is 22.5 Å². The van der Waals surface area contributed by atoms with E-state index < -0.39 is 0 Å².